The number of rotatable bonds is 11. The van der Waals surface area contributed by atoms with Gasteiger partial charge in [0.05, 0.1) is 24.3 Å². The first kappa shape index (κ1) is 32.6. The molecule has 0 aliphatic rings. The molecule has 0 aliphatic carbocycles. The zero-order valence-electron chi connectivity index (χ0n) is 24.7. The Morgan fingerprint density at radius 1 is 0.930 bits per heavy atom. The maximum atomic E-state index is 14.4. The van der Waals surface area contributed by atoms with E-state index in [1.54, 1.807) is 16.7 Å². The van der Waals surface area contributed by atoms with Crippen LogP contribution in [0, 0.1) is 5.82 Å². The van der Waals surface area contributed by atoms with E-state index in [4.69, 9.17) is 0 Å². The second kappa shape index (κ2) is 14.0. The molecule has 0 saturated carbocycles. The zero-order chi connectivity index (χ0) is 30.0. The molecule has 0 radical (unpaired) electrons. The standard InChI is InChI=1S/C34H35FN2O5.Na/c1-21(2)37-29(17-16-25(38)18-26(39)19-30(40)41)31(23-12-14-24(35)15-13-23)32-27-10-6-7-11-28(27)36(34(42)33(32)37)20-22-8-4-3-5-9-22;/h3-15,21,25-26,38-39H,16-20H2,1-2H3,(H,40,41);/q;+1/p-1/t25-,26-;/m1./s1. The molecular weight excluding hydrogens is 558 g/mol. The van der Waals surface area contributed by atoms with Gasteiger partial charge in [0.15, 0.2) is 0 Å². The maximum Gasteiger partial charge on any atom is 1.00 e. The van der Waals surface area contributed by atoms with Crippen LogP contribution in [-0.4, -0.2) is 37.5 Å². The summed E-state index contributed by atoms with van der Waals surface area (Å²) in [6.45, 7) is 4.37. The Labute approximate surface area is 271 Å². The van der Waals surface area contributed by atoms with E-state index in [1.165, 1.54) is 12.1 Å². The molecule has 5 aromatic rings. The summed E-state index contributed by atoms with van der Waals surface area (Å²) in [5, 5.41) is 33.3. The van der Waals surface area contributed by atoms with Gasteiger partial charge in [-0.25, -0.2) is 4.39 Å². The number of carbonyl (C=O) groups excluding carboxylic acids is 1. The van der Waals surface area contributed by atoms with Crippen LogP contribution in [0.15, 0.2) is 83.7 Å². The van der Waals surface area contributed by atoms with E-state index >= 15 is 0 Å². The van der Waals surface area contributed by atoms with Crippen LogP contribution in [-0.2, 0) is 17.8 Å². The van der Waals surface area contributed by atoms with Gasteiger partial charge < -0.3 is 29.2 Å². The normalized spacial score (nSPS) is 12.9. The molecule has 2 atom stereocenters. The Balaban J connectivity index is 0.00000423. The smallest absolute Gasteiger partial charge is 0.550 e. The number of pyridine rings is 1. The minimum atomic E-state index is -1.38. The van der Waals surface area contributed by atoms with E-state index in [1.807, 2.05) is 73.0 Å². The topological polar surface area (TPSA) is 108 Å². The van der Waals surface area contributed by atoms with Crippen LogP contribution in [0.2, 0.25) is 0 Å². The molecule has 2 heterocycles. The van der Waals surface area contributed by atoms with Gasteiger partial charge in [-0.15, -0.1) is 0 Å². The van der Waals surface area contributed by atoms with Crippen LogP contribution in [0.3, 0.4) is 0 Å². The van der Waals surface area contributed by atoms with E-state index in [2.05, 4.69) is 0 Å². The van der Waals surface area contributed by atoms with Crippen LogP contribution in [0.5, 0.6) is 0 Å². The summed E-state index contributed by atoms with van der Waals surface area (Å²) in [5.74, 6) is -1.76. The van der Waals surface area contributed by atoms with E-state index in [0.717, 1.165) is 38.7 Å². The number of hydrogen-bond acceptors (Lipinski definition) is 5. The van der Waals surface area contributed by atoms with Gasteiger partial charge in [-0.2, -0.15) is 0 Å². The molecule has 0 spiro atoms. The van der Waals surface area contributed by atoms with Crippen LogP contribution < -0.4 is 40.2 Å². The van der Waals surface area contributed by atoms with Crippen LogP contribution in [0.25, 0.3) is 32.9 Å². The second-order valence-electron chi connectivity index (χ2n) is 11.1. The van der Waals surface area contributed by atoms with Crippen molar-refractivity contribution >= 4 is 27.8 Å². The summed E-state index contributed by atoms with van der Waals surface area (Å²) < 4.78 is 17.8. The van der Waals surface area contributed by atoms with Crippen molar-refractivity contribution in [3.63, 3.8) is 0 Å². The van der Waals surface area contributed by atoms with Gasteiger partial charge in [0.1, 0.15) is 11.3 Å². The molecule has 218 valence electrons. The molecule has 2 aromatic heterocycles. The number of aliphatic hydroxyl groups excluding tert-OH is 2. The number of nitrogens with zero attached hydrogens (tertiary/aromatic N) is 2. The maximum absolute atomic E-state index is 14.4. The quantitative estimate of drug-likeness (QED) is 0.227. The van der Waals surface area contributed by atoms with Gasteiger partial charge in [0.2, 0.25) is 0 Å². The summed E-state index contributed by atoms with van der Waals surface area (Å²) in [6.07, 6.45) is -2.33. The van der Waals surface area contributed by atoms with Gasteiger partial charge in [-0.05, 0) is 62.4 Å². The summed E-state index contributed by atoms with van der Waals surface area (Å²) >= 11 is 0. The van der Waals surface area contributed by atoms with Gasteiger partial charge in [-0.1, -0.05) is 60.7 Å². The number of carbonyl (C=O) groups is 1. The zero-order valence-corrected chi connectivity index (χ0v) is 26.7. The third kappa shape index (κ3) is 6.95. The molecule has 9 heteroatoms. The van der Waals surface area contributed by atoms with E-state index in [-0.39, 0.29) is 59.8 Å². The molecule has 43 heavy (non-hydrogen) atoms. The van der Waals surface area contributed by atoms with Crippen molar-refractivity contribution in [1.29, 1.82) is 0 Å². The molecule has 0 saturated heterocycles. The molecule has 0 bridgehead atoms. The SMILES string of the molecule is CC(C)n1c(CC[C@@H](O)C[C@@H](O)CC(=O)[O-])c(-c2ccc(F)cc2)c2c3ccccc3n(Cc3ccccc3)c(=O)c21.[Na+]. The average molecular weight is 593 g/mol. The van der Waals surface area contributed by atoms with Gasteiger partial charge >= 0.3 is 29.6 Å². The predicted molar refractivity (Wildman–Crippen MR) is 160 cm³/mol. The Bertz CT molecular complexity index is 1780. The van der Waals surface area contributed by atoms with Crippen molar-refractivity contribution in [2.24, 2.45) is 0 Å². The second-order valence-corrected chi connectivity index (χ2v) is 11.1. The number of fused-ring (bicyclic) bond motifs is 3. The first-order chi connectivity index (χ1) is 20.2. The van der Waals surface area contributed by atoms with Crippen LogP contribution in [0.1, 0.15) is 50.4 Å². The van der Waals surface area contributed by atoms with Crippen molar-refractivity contribution in [2.75, 3.05) is 0 Å². The number of carboxylic acids is 1. The van der Waals surface area contributed by atoms with Gasteiger partial charge in [-0.3, -0.25) is 4.79 Å². The number of carboxylic acid groups (broad SMARTS) is 1. The third-order valence-corrected chi connectivity index (χ3v) is 7.71. The van der Waals surface area contributed by atoms with Crippen molar-refractivity contribution < 1.29 is 54.1 Å². The summed E-state index contributed by atoms with van der Waals surface area (Å²) in [5.41, 5.74) is 4.49. The fourth-order valence-electron chi connectivity index (χ4n) is 5.95. The third-order valence-electron chi connectivity index (χ3n) is 7.71. The minimum absolute atomic E-state index is 0. The van der Waals surface area contributed by atoms with E-state index < -0.39 is 24.6 Å². The van der Waals surface area contributed by atoms with Crippen LogP contribution in [0.4, 0.5) is 4.39 Å². The predicted octanol–water partition coefficient (Wildman–Crippen LogP) is 1.58. The van der Waals surface area contributed by atoms with Crippen LogP contribution >= 0.6 is 0 Å². The first-order valence-corrected chi connectivity index (χ1v) is 14.2. The van der Waals surface area contributed by atoms with Gasteiger partial charge in [0.25, 0.3) is 5.56 Å². The molecule has 5 rings (SSSR count). The molecule has 0 unspecified atom stereocenters. The number of aromatic nitrogens is 2. The molecule has 7 nitrogen and oxygen atoms in total. The minimum Gasteiger partial charge on any atom is -0.550 e. The summed E-state index contributed by atoms with van der Waals surface area (Å²) in [6, 6.07) is 23.6. The molecular formula is C34H34FN2NaO5. The molecule has 2 N–H and O–H groups in total. The summed E-state index contributed by atoms with van der Waals surface area (Å²) in [4.78, 5) is 25.3. The van der Waals surface area contributed by atoms with Gasteiger partial charge in [0, 0.05) is 40.5 Å². The Hall–Kier alpha value is -3.27. The first-order valence-electron chi connectivity index (χ1n) is 14.2. The molecule has 0 amide bonds. The number of aliphatic carboxylic acids is 1. The Morgan fingerprint density at radius 2 is 1.58 bits per heavy atom. The fraction of sp³-hybridized carbons (Fsp3) is 0.294. The van der Waals surface area contributed by atoms with Crippen molar-refractivity contribution in [1.82, 2.24) is 9.13 Å². The Kier molecular flexibility index (Phi) is 10.6. The largest absolute Gasteiger partial charge is 1.00 e. The summed E-state index contributed by atoms with van der Waals surface area (Å²) in [7, 11) is 0. The van der Waals surface area contributed by atoms with Crippen molar-refractivity contribution in [2.45, 2.75) is 64.3 Å². The molecule has 0 fully saturated rings. The Morgan fingerprint density at radius 3 is 2.23 bits per heavy atom. The van der Waals surface area contributed by atoms with Crippen molar-refractivity contribution in [3.8, 4) is 11.1 Å². The van der Waals surface area contributed by atoms with E-state index in [0.29, 0.717) is 18.5 Å². The molecule has 3 aromatic carbocycles. The number of hydrogen-bond donors (Lipinski definition) is 2. The average Bonchev–Trinajstić information content (AvgIpc) is 3.30. The number of para-hydroxylation sites is 1. The fourth-order valence-corrected chi connectivity index (χ4v) is 5.95. The van der Waals surface area contributed by atoms with E-state index in [9.17, 15) is 29.3 Å². The number of benzene rings is 3. The number of halogens is 1. The number of aliphatic hydroxyl groups is 2. The van der Waals surface area contributed by atoms with Crippen molar-refractivity contribution in [3.05, 3.63) is 106 Å². The monoisotopic (exact) mass is 592 g/mol. The molecule has 0 aliphatic heterocycles.